The molecule has 1 aliphatic rings. The normalized spacial score (nSPS) is 37.5. The number of aliphatic hydroxyl groups is 2. The largest absolute Gasteiger partial charge is 0.390 e. The molecule has 0 amide bonds. The molecule has 0 bridgehead atoms. The maximum absolute atomic E-state index is 9.45. The van der Waals surface area contributed by atoms with Gasteiger partial charge in [-0.25, -0.2) is 0 Å². The molecule has 0 saturated carbocycles. The van der Waals surface area contributed by atoms with Crippen molar-refractivity contribution in [1.29, 1.82) is 0 Å². The number of hydrogen-bond acceptors (Lipinski definition) is 2. The summed E-state index contributed by atoms with van der Waals surface area (Å²) in [6.07, 6.45) is 4.16. The summed E-state index contributed by atoms with van der Waals surface area (Å²) >= 11 is 3.32. The first kappa shape index (κ1) is 9.23. The first-order chi connectivity index (χ1) is 5.25. The molecule has 1 aliphatic carbocycles. The molecule has 0 aromatic heterocycles. The highest BCUT2D eigenvalue weighted by Crippen LogP contribution is 2.23. The molecule has 0 aromatic rings. The second-order valence-electron chi connectivity index (χ2n) is 2.88. The molecule has 0 radical (unpaired) electrons. The molecule has 0 saturated heterocycles. The SMILES string of the molecule is O[C@@H]1[C@H](CCBr)CC=C[C@@H]1O. The Morgan fingerprint density at radius 2 is 2.18 bits per heavy atom. The van der Waals surface area contributed by atoms with Gasteiger partial charge in [0.25, 0.3) is 0 Å². The van der Waals surface area contributed by atoms with Gasteiger partial charge in [-0.2, -0.15) is 0 Å². The van der Waals surface area contributed by atoms with Gasteiger partial charge in [-0.05, 0) is 18.8 Å². The molecule has 2 nitrogen and oxygen atoms in total. The van der Waals surface area contributed by atoms with Gasteiger partial charge < -0.3 is 10.2 Å². The minimum atomic E-state index is -0.659. The van der Waals surface area contributed by atoms with Crippen molar-refractivity contribution in [2.45, 2.75) is 25.0 Å². The van der Waals surface area contributed by atoms with Crippen LogP contribution in [0.15, 0.2) is 12.2 Å². The van der Waals surface area contributed by atoms with Crippen LogP contribution in [0.3, 0.4) is 0 Å². The number of rotatable bonds is 2. The summed E-state index contributed by atoms with van der Waals surface area (Å²) in [5, 5.41) is 19.6. The van der Waals surface area contributed by atoms with Crippen molar-refractivity contribution in [3.05, 3.63) is 12.2 Å². The van der Waals surface area contributed by atoms with Crippen LogP contribution < -0.4 is 0 Å². The summed E-state index contributed by atoms with van der Waals surface area (Å²) in [4.78, 5) is 0. The molecule has 0 aromatic carbocycles. The van der Waals surface area contributed by atoms with Crippen LogP contribution in [0, 0.1) is 5.92 Å². The molecule has 64 valence electrons. The number of aliphatic hydroxyl groups excluding tert-OH is 2. The summed E-state index contributed by atoms with van der Waals surface area (Å²) in [7, 11) is 0. The lowest BCUT2D eigenvalue weighted by atomic mass is 9.88. The fourth-order valence-corrected chi connectivity index (χ4v) is 1.94. The van der Waals surface area contributed by atoms with Crippen LogP contribution in [0.5, 0.6) is 0 Å². The zero-order chi connectivity index (χ0) is 8.27. The van der Waals surface area contributed by atoms with E-state index in [-0.39, 0.29) is 5.92 Å². The first-order valence-electron chi connectivity index (χ1n) is 3.84. The average molecular weight is 221 g/mol. The molecule has 3 atom stereocenters. The molecular formula is C8H13BrO2. The summed E-state index contributed by atoms with van der Waals surface area (Å²) < 4.78 is 0. The zero-order valence-electron chi connectivity index (χ0n) is 6.28. The topological polar surface area (TPSA) is 40.5 Å². The van der Waals surface area contributed by atoms with E-state index in [2.05, 4.69) is 15.9 Å². The maximum atomic E-state index is 9.45. The minimum Gasteiger partial charge on any atom is -0.390 e. The molecule has 0 fully saturated rings. The van der Waals surface area contributed by atoms with Gasteiger partial charge in [0.1, 0.15) is 0 Å². The lowest BCUT2D eigenvalue weighted by Crippen LogP contribution is -2.34. The quantitative estimate of drug-likeness (QED) is 0.540. The monoisotopic (exact) mass is 220 g/mol. The van der Waals surface area contributed by atoms with Gasteiger partial charge in [-0.3, -0.25) is 0 Å². The molecule has 1 rings (SSSR count). The van der Waals surface area contributed by atoms with Crippen molar-refractivity contribution >= 4 is 15.9 Å². The highest BCUT2D eigenvalue weighted by atomic mass is 79.9. The number of allylic oxidation sites excluding steroid dienone is 1. The third-order valence-corrected chi connectivity index (χ3v) is 2.54. The molecule has 0 spiro atoms. The van der Waals surface area contributed by atoms with Crippen LogP contribution in [-0.4, -0.2) is 27.8 Å². The van der Waals surface area contributed by atoms with E-state index in [0.717, 1.165) is 18.2 Å². The van der Waals surface area contributed by atoms with Crippen molar-refractivity contribution < 1.29 is 10.2 Å². The third kappa shape index (κ3) is 2.29. The summed E-state index contributed by atoms with van der Waals surface area (Å²) in [5.74, 6) is 0.217. The fraction of sp³-hybridized carbons (Fsp3) is 0.750. The van der Waals surface area contributed by atoms with Crippen LogP contribution in [-0.2, 0) is 0 Å². The molecule has 3 heteroatoms. The van der Waals surface area contributed by atoms with E-state index in [1.54, 1.807) is 6.08 Å². The van der Waals surface area contributed by atoms with Gasteiger partial charge in [0.2, 0.25) is 0 Å². The van der Waals surface area contributed by atoms with E-state index in [0.29, 0.717) is 0 Å². The molecular weight excluding hydrogens is 208 g/mol. The Hall–Kier alpha value is 0.140. The Morgan fingerprint density at radius 1 is 1.45 bits per heavy atom. The number of alkyl halides is 1. The molecule has 2 N–H and O–H groups in total. The van der Waals surface area contributed by atoms with Crippen LogP contribution >= 0.6 is 15.9 Å². The van der Waals surface area contributed by atoms with Crippen LogP contribution in [0.4, 0.5) is 0 Å². The average Bonchev–Trinajstić information content (AvgIpc) is 1.99. The van der Waals surface area contributed by atoms with E-state index in [9.17, 15) is 10.2 Å². The van der Waals surface area contributed by atoms with E-state index in [4.69, 9.17) is 0 Å². The third-order valence-electron chi connectivity index (χ3n) is 2.08. The molecule has 0 unspecified atom stereocenters. The summed E-state index contributed by atoms with van der Waals surface area (Å²) in [6, 6.07) is 0. The second-order valence-corrected chi connectivity index (χ2v) is 3.68. The summed E-state index contributed by atoms with van der Waals surface area (Å²) in [6.45, 7) is 0. The van der Waals surface area contributed by atoms with Crippen molar-refractivity contribution in [2.75, 3.05) is 5.33 Å². The Bertz CT molecular complexity index is 147. The predicted molar refractivity (Wildman–Crippen MR) is 47.7 cm³/mol. The number of hydrogen-bond donors (Lipinski definition) is 2. The van der Waals surface area contributed by atoms with Crippen molar-refractivity contribution in [3.8, 4) is 0 Å². The lowest BCUT2D eigenvalue weighted by molar-refractivity contribution is 0.00154. The Kier molecular flexibility index (Phi) is 3.55. The smallest absolute Gasteiger partial charge is 0.0982 e. The van der Waals surface area contributed by atoms with Gasteiger partial charge in [-0.1, -0.05) is 28.1 Å². The second kappa shape index (κ2) is 4.24. The van der Waals surface area contributed by atoms with Gasteiger partial charge >= 0.3 is 0 Å². The van der Waals surface area contributed by atoms with Crippen molar-refractivity contribution in [2.24, 2.45) is 5.92 Å². The molecule has 11 heavy (non-hydrogen) atoms. The molecule has 0 heterocycles. The minimum absolute atomic E-state index is 0.217. The highest BCUT2D eigenvalue weighted by Gasteiger charge is 2.26. The van der Waals surface area contributed by atoms with Gasteiger partial charge in [0.15, 0.2) is 0 Å². The Balaban J connectivity index is 2.48. The fourth-order valence-electron chi connectivity index (χ4n) is 1.35. The van der Waals surface area contributed by atoms with E-state index >= 15 is 0 Å². The van der Waals surface area contributed by atoms with E-state index < -0.39 is 12.2 Å². The van der Waals surface area contributed by atoms with Crippen molar-refractivity contribution in [1.82, 2.24) is 0 Å². The van der Waals surface area contributed by atoms with Crippen molar-refractivity contribution in [3.63, 3.8) is 0 Å². The van der Waals surface area contributed by atoms with Crippen LogP contribution in [0.2, 0.25) is 0 Å². The van der Waals surface area contributed by atoms with Gasteiger partial charge in [0, 0.05) is 5.33 Å². The van der Waals surface area contributed by atoms with E-state index in [1.807, 2.05) is 6.08 Å². The zero-order valence-corrected chi connectivity index (χ0v) is 7.87. The first-order valence-corrected chi connectivity index (χ1v) is 4.96. The Labute approximate surface area is 75.1 Å². The summed E-state index contributed by atoms with van der Waals surface area (Å²) in [5.41, 5.74) is 0. The van der Waals surface area contributed by atoms with Crippen LogP contribution in [0.25, 0.3) is 0 Å². The standard InChI is InChI=1S/C8H13BrO2/c9-5-4-6-2-1-3-7(10)8(6)11/h1,3,6-8,10-11H,2,4-5H2/t6-,7-,8+/m0/s1. The lowest BCUT2D eigenvalue weighted by Gasteiger charge is -2.27. The van der Waals surface area contributed by atoms with E-state index in [1.165, 1.54) is 0 Å². The predicted octanol–water partition coefficient (Wildman–Crippen LogP) is 1.07. The van der Waals surface area contributed by atoms with Crippen LogP contribution in [0.1, 0.15) is 12.8 Å². The maximum Gasteiger partial charge on any atom is 0.0982 e. The molecule has 0 aliphatic heterocycles. The number of halogens is 1. The highest BCUT2D eigenvalue weighted by molar-refractivity contribution is 9.09. The van der Waals surface area contributed by atoms with Gasteiger partial charge in [0.05, 0.1) is 12.2 Å². The van der Waals surface area contributed by atoms with Gasteiger partial charge in [-0.15, -0.1) is 0 Å². The Morgan fingerprint density at radius 3 is 2.82 bits per heavy atom.